The second kappa shape index (κ2) is 8.27. The van der Waals surface area contributed by atoms with Crippen molar-refractivity contribution in [2.24, 2.45) is 0 Å². The second-order valence-corrected chi connectivity index (χ2v) is 6.27. The summed E-state index contributed by atoms with van der Waals surface area (Å²) in [5.41, 5.74) is 2.11. The number of hydrogen-bond acceptors (Lipinski definition) is 4. The summed E-state index contributed by atoms with van der Waals surface area (Å²) in [6.07, 6.45) is 4.72. The summed E-state index contributed by atoms with van der Waals surface area (Å²) in [4.78, 5) is 31.8. The normalized spacial score (nSPS) is 11.6. The van der Waals surface area contributed by atoms with E-state index in [-0.39, 0.29) is 17.7 Å². The summed E-state index contributed by atoms with van der Waals surface area (Å²) in [6.45, 7) is 4.03. The molecule has 2 N–H and O–H groups in total. The number of imidazole rings is 1. The Hall–Kier alpha value is -3.48. The van der Waals surface area contributed by atoms with Crippen molar-refractivity contribution in [2.75, 3.05) is 11.9 Å². The molecule has 1 aromatic carbocycles. The third kappa shape index (κ3) is 4.78. The molecule has 0 aliphatic rings. The highest BCUT2D eigenvalue weighted by atomic mass is 16.2. The summed E-state index contributed by atoms with van der Waals surface area (Å²) in [7, 11) is 0. The van der Waals surface area contributed by atoms with Crippen LogP contribution in [0.1, 0.15) is 35.8 Å². The number of anilines is 1. The van der Waals surface area contributed by atoms with Crippen LogP contribution >= 0.6 is 0 Å². The molecular weight excluding hydrogens is 342 g/mol. The number of aromatic nitrogens is 3. The number of carbonyl (C=O) groups is 2. The van der Waals surface area contributed by atoms with Crippen LogP contribution in [0.2, 0.25) is 0 Å². The van der Waals surface area contributed by atoms with Crippen LogP contribution in [-0.2, 0) is 4.79 Å². The Balaban J connectivity index is 1.61. The maximum Gasteiger partial charge on any atom is 0.271 e. The zero-order chi connectivity index (χ0) is 19.2. The minimum absolute atomic E-state index is 0.157. The van der Waals surface area contributed by atoms with Crippen LogP contribution in [0, 0.1) is 0 Å². The van der Waals surface area contributed by atoms with Crippen LogP contribution in [0.4, 0.5) is 5.69 Å². The van der Waals surface area contributed by atoms with Crippen molar-refractivity contribution in [1.82, 2.24) is 19.9 Å². The number of rotatable bonds is 6. The number of nitrogens with one attached hydrogen (secondary N) is 2. The summed E-state index contributed by atoms with van der Waals surface area (Å²) in [5, 5.41) is 5.57. The molecule has 3 rings (SSSR count). The maximum atomic E-state index is 12.3. The van der Waals surface area contributed by atoms with Gasteiger partial charge in [-0.05, 0) is 23.6 Å². The molecule has 0 saturated heterocycles. The van der Waals surface area contributed by atoms with Gasteiger partial charge < -0.3 is 10.6 Å². The average Bonchev–Trinajstić information content (AvgIpc) is 3.17. The van der Waals surface area contributed by atoms with Gasteiger partial charge in [0.05, 0.1) is 11.9 Å². The van der Waals surface area contributed by atoms with E-state index in [1.165, 1.54) is 18.8 Å². The number of carbonyl (C=O) groups excluding carboxylic acids is 2. The van der Waals surface area contributed by atoms with Gasteiger partial charge in [-0.25, -0.2) is 9.97 Å². The summed E-state index contributed by atoms with van der Waals surface area (Å²) >= 11 is 0. The van der Waals surface area contributed by atoms with E-state index in [9.17, 15) is 9.59 Å². The molecule has 0 radical (unpaired) electrons. The Kier molecular flexibility index (Phi) is 5.61. The van der Waals surface area contributed by atoms with Gasteiger partial charge in [0.1, 0.15) is 17.8 Å². The zero-order valence-electron chi connectivity index (χ0n) is 15.2. The first kappa shape index (κ1) is 18.3. The van der Waals surface area contributed by atoms with Gasteiger partial charge in [-0.3, -0.25) is 14.2 Å². The lowest BCUT2D eigenvalue weighted by atomic mass is 10.0. The van der Waals surface area contributed by atoms with Crippen LogP contribution in [0.15, 0.2) is 61.2 Å². The monoisotopic (exact) mass is 363 g/mol. The Morgan fingerprint density at radius 3 is 2.56 bits per heavy atom. The molecule has 7 heteroatoms. The summed E-state index contributed by atoms with van der Waals surface area (Å²) < 4.78 is 1.66. The molecule has 0 unspecified atom stereocenters. The minimum Gasteiger partial charge on any atom is -0.350 e. The lowest BCUT2D eigenvalue weighted by Crippen LogP contribution is -2.27. The molecule has 138 valence electrons. The van der Waals surface area contributed by atoms with Crippen molar-refractivity contribution in [3.63, 3.8) is 0 Å². The predicted molar refractivity (Wildman–Crippen MR) is 103 cm³/mol. The van der Waals surface area contributed by atoms with Crippen molar-refractivity contribution in [3.8, 4) is 5.82 Å². The highest BCUT2D eigenvalue weighted by Crippen LogP contribution is 2.14. The molecule has 0 saturated carbocycles. The van der Waals surface area contributed by atoms with E-state index in [0.29, 0.717) is 23.7 Å². The largest absolute Gasteiger partial charge is 0.350 e. The van der Waals surface area contributed by atoms with E-state index in [0.717, 1.165) is 0 Å². The number of nitrogens with zero attached hydrogens (tertiary/aromatic N) is 3. The van der Waals surface area contributed by atoms with Gasteiger partial charge in [0, 0.05) is 19.7 Å². The molecule has 1 atom stereocenters. The van der Waals surface area contributed by atoms with Gasteiger partial charge in [-0.15, -0.1) is 0 Å². The number of benzene rings is 1. The molecule has 0 aliphatic heterocycles. The predicted octanol–water partition coefficient (Wildman–Crippen LogP) is 2.76. The molecular formula is C20H21N5O2. The average molecular weight is 363 g/mol. The molecule has 2 amide bonds. The van der Waals surface area contributed by atoms with E-state index < -0.39 is 0 Å². The van der Waals surface area contributed by atoms with Crippen molar-refractivity contribution < 1.29 is 9.59 Å². The van der Waals surface area contributed by atoms with Crippen molar-refractivity contribution in [1.29, 1.82) is 0 Å². The Labute approximate surface area is 157 Å². The van der Waals surface area contributed by atoms with Gasteiger partial charge in [0.15, 0.2) is 0 Å². The first-order valence-corrected chi connectivity index (χ1v) is 8.64. The van der Waals surface area contributed by atoms with E-state index >= 15 is 0 Å². The lowest BCUT2D eigenvalue weighted by Gasteiger charge is -2.12. The molecule has 2 aromatic heterocycles. The fraction of sp³-hybridized carbons (Fsp3) is 0.200. The topological polar surface area (TPSA) is 88.9 Å². The zero-order valence-corrected chi connectivity index (χ0v) is 15.2. The molecule has 2 heterocycles. The van der Waals surface area contributed by atoms with Crippen LogP contribution in [-0.4, -0.2) is 32.9 Å². The highest BCUT2D eigenvalue weighted by Gasteiger charge is 2.12. The number of hydrogen-bond donors (Lipinski definition) is 2. The first-order chi connectivity index (χ1) is 13.0. The van der Waals surface area contributed by atoms with E-state index in [1.807, 2.05) is 30.3 Å². The van der Waals surface area contributed by atoms with Crippen LogP contribution in [0.3, 0.4) is 0 Å². The van der Waals surface area contributed by atoms with Crippen LogP contribution in [0.25, 0.3) is 5.82 Å². The van der Waals surface area contributed by atoms with E-state index in [1.54, 1.807) is 29.1 Å². The van der Waals surface area contributed by atoms with Crippen LogP contribution < -0.4 is 10.6 Å². The van der Waals surface area contributed by atoms with Crippen molar-refractivity contribution in [3.05, 3.63) is 72.4 Å². The second-order valence-electron chi connectivity index (χ2n) is 6.27. The molecule has 0 spiro atoms. The fourth-order valence-corrected chi connectivity index (χ4v) is 2.62. The molecule has 0 bridgehead atoms. The van der Waals surface area contributed by atoms with Gasteiger partial charge in [0.25, 0.3) is 5.91 Å². The maximum absolute atomic E-state index is 12.3. The molecule has 7 nitrogen and oxygen atoms in total. The Bertz CT molecular complexity index is 919. The Morgan fingerprint density at radius 2 is 1.89 bits per heavy atom. The SMILES string of the molecule is CC(=O)Nc1ccc(-n2cnc(C(=O)NC[C@@H](C)c3ccccc3)c2)nc1. The quantitative estimate of drug-likeness (QED) is 0.705. The smallest absolute Gasteiger partial charge is 0.271 e. The number of pyridine rings is 1. The van der Waals surface area contributed by atoms with Gasteiger partial charge >= 0.3 is 0 Å². The van der Waals surface area contributed by atoms with Crippen molar-refractivity contribution >= 4 is 17.5 Å². The molecule has 27 heavy (non-hydrogen) atoms. The number of amides is 2. The minimum atomic E-state index is -0.230. The van der Waals surface area contributed by atoms with E-state index in [2.05, 4.69) is 27.5 Å². The van der Waals surface area contributed by atoms with Gasteiger partial charge in [-0.2, -0.15) is 0 Å². The lowest BCUT2D eigenvalue weighted by molar-refractivity contribution is -0.114. The third-order valence-electron chi connectivity index (χ3n) is 4.09. The Morgan fingerprint density at radius 1 is 1.11 bits per heavy atom. The fourth-order valence-electron chi connectivity index (χ4n) is 2.62. The molecule has 0 fully saturated rings. The van der Waals surface area contributed by atoms with Crippen LogP contribution in [0.5, 0.6) is 0 Å². The highest BCUT2D eigenvalue weighted by molar-refractivity contribution is 5.92. The van der Waals surface area contributed by atoms with E-state index in [4.69, 9.17) is 0 Å². The standard InChI is InChI=1S/C20H21N5O2/c1-14(16-6-4-3-5-7-16)10-22-20(27)18-12-25(13-23-18)19-9-8-17(11-21-19)24-15(2)26/h3-9,11-14H,10H2,1-2H3,(H,22,27)(H,24,26)/t14-/m1/s1. The summed E-state index contributed by atoms with van der Waals surface area (Å²) in [5.74, 6) is 0.427. The van der Waals surface area contributed by atoms with Gasteiger partial charge in [-0.1, -0.05) is 37.3 Å². The first-order valence-electron chi connectivity index (χ1n) is 8.64. The van der Waals surface area contributed by atoms with Crippen molar-refractivity contribution in [2.45, 2.75) is 19.8 Å². The third-order valence-corrected chi connectivity index (χ3v) is 4.09. The molecule has 0 aliphatic carbocycles. The summed E-state index contributed by atoms with van der Waals surface area (Å²) in [6, 6.07) is 13.5. The molecule has 3 aromatic rings. The van der Waals surface area contributed by atoms with Gasteiger partial charge in [0.2, 0.25) is 5.91 Å².